The molecular weight excluding hydrogens is 275 g/mol. The molecule has 0 aliphatic heterocycles. The third-order valence-electron chi connectivity index (χ3n) is 3.11. The molecular formula is C12H14Cl2N2O2. The van der Waals surface area contributed by atoms with E-state index in [1.54, 1.807) is 18.2 Å². The van der Waals surface area contributed by atoms with E-state index in [0.717, 1.165) is 19.3 Å². The van der Waals surface area contributed by atoms with Gasteiger partial charge >= 0.3 is 6.03 Å². The van der Waals surface area contributed by atoms with Gasteiger partial charge in [0.05, 0.1) is 12.1 Å². The Labute approximate surface area is 115 Å². The van der Waals surface area contributed by atoms with Crippen molar-refractivity contribution in [3.8, 4) is 0 Å². The van der Waals surface area contributed by atoms with Gasteiger partial charge in [-0.2, -0.15) is 0 Å². The summed E-state index contributed by atoms with van der Waals surface area (Å²) in [5.74, 6) is 0. The van der Waals surface area contributed by atoms with E-state index in [1.807, 2.05) is 0 Å². The van der Waals surface area contributed by atoms with Crippen molar-refractivity contribution in [1.82, 2.24) is 5.32 Å². The highest BCUT2D eigenvalue weighted by molar-refractivity contribution is 6.35. The second-order valence-electron chi connectivity index (χ2n) is 4.53. The monoisotopic (exact) mass is 288 g/mol. The number of carbonyl (C=O) groups is 1. The van der Waals surface area contributed by atoms with Gasteiger partial charge < -0.3 is 15.7 Å². The first-order chi connectivity index (χ1) is 8.53. The highest BCUT2D eigenvalue weighted by Crippen LogP contribution is 2.31. The first-order valence-corrected chi connectivity index (χ1v) is 6.45. The van der Waals surface area contributed by atoms with Crippen molar-refractivity contribution in [3.63, 3.8) is 0 Å². The van der Waals surface area contributed by atoms with Crippen LogP contribution in [0.1, 0.15) is 19.3 Å². The number of hydrogen-bond donors (Lipinski definition) is 3. The number of hydrogen-bond acceptors (Lipinski definition) is 2. The summed E-state index contributed by atoms with van der Waals surface area (Å²) in [6.45, 7) is -0.0449. The summed E-state index contributed by atoms with van der Waals surface area (Å²) in [6, 6.07) is 4.45. The zero-order valence-electron chi connectivity index (χ0n) is 9.67. The molecule has 0 bridgehead atoms. The molecule has 0 unspecified atom stereocenters. The molecule has 0 atom stereocenters. The van der Waals surface area contributed by atoms with E-state index >= 15 is 0 Å². The summed E-state index contributed by atoms with van der Waals surface area (Å²) in [7, 11) is 0. The van der Waals surface area contributed by atoms with Crippen LogP contribution in [0.5, 0.6) is 0 Å². The average molecular weight is 289 g/mol. The second-order valence-corrected chi connectivity index (χ2v) is 5.40. The summed E-state index contributed by atoms with van der Waals surface area (Å²) in [6.07, 6.45) is 2.62. The van der Waals surface area contributed by atoms with Crippen molar-refractivity contribution in [2.75, 3.05) is 11.9 Å². The van der Waals surface area contributed by atoms with Crippen LogP contribution in [0.3, 0.4) is 0 Å². The summed E-state index contributed by atoms with van der Waals surface area (Å²) in [5.41, 5.74) is 0.0596. The zero-order chi connectivity index (χ0) is 13.2. The maximum absolute atomic E-state index is 11.8. The molecule has 3 N–H and O–H groups in total. The van der Waals surface area contributed by atoms with Crippen molar-refractivity contribution < 1.29 is 9.90 Å². The van der Waals surface area contributed by atoms with E-state index in [4.69, 9.17) is 23.2 Å². The number of aliphatic hydroxyl groups excluding tert-OH is 1. The van der Waals surface area contributed by atoms with Crippen LogP contribution in [0.2, 0.25) is 10.0 Å². The molecule has 2 amide bonds. The number of carbonyl (C=O) groups excluding carboxylic acids is 1. The number of anilines is 1. The summed E-state index contributed by atoms with van der Waals surface area (Å²) >= 11 is 11.7. The van der Waals surface area contributed by atoms with Crippen molar-refractivity contribution >= 4 is 34.9 Å². The highest BCUT2D eigenvalue weighted by Gasteiger charge is 2.37. The van der Waals surface area contributed by atoms with Crippen LogP contribution in [0, 0.1) is 0 Å². The Morgan fingerprint density at radius 1 is 1.28 bits per heavy atom. The van der Waals surface area contributed by atoms with Gasteiger partial charge in [-0.25, -0.2) is 4.79 Å². The number of aliphatic hydroxyl groups is 1. The smallest absolute Gasteiger partial charge is 0.319 e. The Morgan fingerprint density at radius 2 is 1.89 bits per heavy atom. The Bertz CT molecular complexity index is 436. The number of nitrogens with one attached hydrogen (secondary N) is 2. The van der Waals surface area contributed by atoms with Gasteiger partial charge in [0.25, 0.3) is 0 Å². The minimum atomic E-state index is -0.466. The van der Waals surface area contributed by atoms with Crippen molar-refractivity contribution in [2.24, 2.45) is 0 Å². The Morgan fingerprint density at radius 3 is 2.33 bits per heavy atom. The third-order valence-corrected chi connectivity index (χ3v) is 3.55. The number of amides is 2. The van der Waals surface area contributed by atoms with Gasteiger partial charge in [0.1, 0.15) is 0 Å². The van der Waals surface area contributed by atoms with E-state index in [2.05, 4.69) is 10.6 Å². The lowest BCUT2D eigenvalue weighted by Gasteiger charge is -2.40. The van der Waals surface area contributed by atoms with E-state index in [9.17, 15) is 9.90 Å². The lowest BCUT2D eigenvalue weighted by Crippen LogP contribution is -2.57. The summed E-state index contributed by atoms with van der Waals surface area (Å²) < 4.78 is 0. The van der Waals surface area contributed by atoms with E-state index < -0.39 is 5.54 Å². The van der Waals surface area contributed by atoms with Gasteiger partial charge in [0.15, 0.2) is 0 Å². The molecule has 6 heteroatoms. The SMILES string of the molecule is O=C(Nc1cc(Cl)cc(Cl)c1)NC1(CO)CCC1. The fourth-order valence-electron chi connectivity index (χ4n) is 1.96. The van der Waals surface area contributed by atoms with Crippen molar-refractivity contribution in [1.29, 1.82) is 0 Å². The minimum absolute atomic E-state index is 0.0449. The second kappa shape index (κ2) is 5.34. The molecule has 4 nitrogen and oxygen atoms in total. The number of halogens is 2. The maximum atomic E-state index is 11.8. The first kappa shape index (κ1) is 13.5. The van der Waals surface area contributed by atoms with E-state index in [-0.39, 0.29) is 12.6 Å². The van der Waals surface area contributed by atoms with Crippen LogP contribution < -0.4 is 10.6 Å². The van der Waals surface area contributed by atoms with Gasteiger partial charge in [-0.3, -0.25) is 0 Å². The number of benzene rings is 1. The Kier molecular flexibility index (Phi) is 4.00. The van der Waals surface area contributed by atoms with Crippen LogP contribution in [0.4, 0.5) is 10.5 Å². The average Bonchev–Trinajstić information content (AvgIpc) is 2.21. The molecule has 1 aromatic rings. The van der Waals surface area contributed by atoms with Gasteiger partial charge in [-0.15, -0.1) is 0 Å². The van der Waals surface area contributed by atoms with E-state index in [1.165, 1.54) is 0 Å². The van der Waals surface area contributed by atoms with Crippen molar-refractivity contribution in [2.45, 2.75) is 24.8 Å². The summed E-state index contributed by atoms with van der Waals surface area (Å²) in [4.78, 5) is 11.8. The molecule has 1 saturated carbocycles. The standard InChI is InChI=1S/C12H14Cl2N2O2/c13-8-4-9(14)6-10(5-8)15-11(18)16-12(7-17)2-1-3-12/h4-6,17H,1-3,7H2,(H2,15,16,18). The largest absolute Gasteiger partial charge is 0.394 e. The molecule has 1 aromatic carbocycles. The molecule has 1 aliphatic rings. The molecule has 0 heterocycles. The predicted octanol–water partition coefficient (Wildman–Crippen LogP) is 3.03. The van der Waals surface area contributed by atoms with E-state index in [0.29, 0.717) is 15.7 Å². The van der Waals surface area contributed by atoms with Gasteiger partial charge in [-0.05, 0) is 37.5 Å². The molecule has 98 valence electrons. The Balaban J connectivity index is 1.98. The molecule has 0 spiro atoms. The molecule has 0 saturated heterocycles. The molecule has 2 rings (SSSR count). The topological polar surface area (TPSA) is 61.4 Å². The summed E-state index contributed by atoms with van der Waals surface area (Å²) in [5, 5.41) is 15.6. The molecule has 1 aliphatic carbocycles. The van der Waals surface area contributed by atoms with Gasteiger partial charge in [0, 0.05) is 15.7 Å². The molecule has 1 fully saturated rings. The minimum Gasteiger partial charge on any atom is -0.394 e. The van der Waals surface area contributed by atoms with Crippen LogP contribution >= 0.6 is 23.2 Å². The van der Waals surface area contributed by atoms with Gasteiger partial charge in [-0.1, -0.05) is 23.2 Å². The lowest BCUT2D eigenvalue weighted by atomic mass is 9.77. The first-order valence-electron chi connectivity index (χ1n) is 5.69. The number of rotatable bonds is 3. The predicted molar refractivity (Wildman–Crippen MR) is 72.3 cm³/mol. The van der Waals surface area contributed by atoms with Gasteiger partial charge in [0.2, 0.25) is 0 Å². The maximum Gasteiger partial charge on any atom is 0.319 e. The normalized spacial score (nSPS) is 16.8. The quantitative estimate of drug-likeness (QED) is 0.801. The molecule has 0 radical (unpaired) electrons. The van der Waals surface area contributed by atoms with Crippen LogP contribution in [-0.4, -0.2) is 23.3 Å². The molecule has 18 heavy (non-hydrogen) atoms. The lowest BCUT2D eigenvalue weighted by molar-refractivity contribution is 0.0984. The third kappa shape index (κ3) is 3.07. The fraction of sp³-hybridized carbons (Fsp3) is 0.417. The van der Waals surface area contributed by atoms with Crippen LogP contribution in [-0.2, 0) is 0 Å². The van der Waals surface area contributed by atoms with Crippen molar-refractivity contribution in [3.05, 3.63) is 28.2 Å². The Hall–Kier alpha value is -0.970. The fourth-order valence-corrected chi connectivity index (χ4v) is 2.48. The van der Waals surface area contributed by atoms with Crippen LogP contribution in [0.25, 0.3) is 0 Å². The van der Waals surface area contributed by atoms with Crippen LogP contribution in [0.15, 0.2) is 18.2 Å². The number of urea groups is 1. The zero-order valence-corrected chi connectivity index (χ0v) is 11.2. The highest BCUT2D eigenvalue weighted by atomic mass is 35.5. The molecule has 0 aromatic heterocycles.